The van der Waals surface area contributed by atoms with E-state index in [0.29, 0.717) is 38.9 Å². The molecule has 0 saturated heterocycles. The van der Waals surface area contributed by atoms with Gasteiger partial charge in [-0.1, -0.05) is 23.2 Å². The largest absolute Gasteiger partial charge is 0.493 e. The number of aromatic nitrogens is 2. The molecule has 0 aliphatic carbocycles. The predicted octanol–water partition coefficient (Wildman–Crippen LogP) is 6.91. The number of anilines is 2. The van der Waals surface area contributed by atoms with Crippen LogP contribution < -0.4 is 19.5 Å². The third-order valence-corrected chi connectivity index (χ3v) is 4.91. The van der Waals surface area contributed by atoms with E-state index in [9.17, 15) is 0 Å². The zero-order valence-electron chi connectivity index (χ0n) is 16.6. The maximum absolute atomic E-state index is 6.16. The molecule has 1 aromatic heterocycles. The Balaban J connectivity index is 0.00000272. The number of hydrogen-bond acceptors (Lipinski definition) is 6. The maximum atomic E-state index is 6.16. The molecule has 0 bridgehead atoms. The number of nitrogens with zero attached hydrogens (tertiary/aromatic N) is 2. The Kier molecular flexibility index (Phi) is 7.28. The third kappa shape index (κ3) is 5.05. The lowest BCUT2D eigenvalue weighted by atomic mass is 10.2. The first kappa shape index (κ1) is 22.7. The highest BCUT2D eigenvalue weighted by Gasteiger charge is 2.11. The predicted molar refractivity (Wildman–Crippen MR) is 126 cm³/mol. The van der Waals surface area contributed by atoms with E-state index in [1.54, 1.807) is 32.4 Å². The fourth-order valence-electron chi connectivity index (χ4n) is 2.91. The van der Waals surface area contributed by atoms with E-state index >= 15 is 0 Å². The summed E-state index contributed by atoms with van der Waals surface area (Å²) in [5.41, 5.74) is 1.57. The molecule has 0 aliphatic heterocycles. The molecule has 9 heteroatoms. The van der Waals surface area contributed by atoms with Gasteiger partial charge in [0, 0.05) is 22.2 Å². The van der Waals surface area contributed by atoms with Crippen molar-refractivity contribution < 1.29 is 14.2 Å². The van der Waals surface area contributed by atoms with Crippen LogP contribution >= 0.6 is 35.6 Å². The lowest BCUT2D eigenvalue weighted by Gasteiger charge is -2.12. The van der Waals surface area contributed by atoms with Crippen LogP contribution in [0.2, 0.25) is 10.0 Å². The van der Waals surface area contributed by atoms with Gasteiger partial charge in [0.1, 0.15) is 23.6 Å². The molecule has 6 nitrogen and oxygen atoms in total. The summed E-state index contributed by atoms with van der Waals surface area (Å²) in [5, 5.41) is 5.11. The summed E-state index contributed by atoms with van der Waals surface area (Å²) in [7, 11) is 3.18. The van der Waals surface area contributed by atoms with E-state index in [1.807, 2.05) is 36.4 Å². The molecule has 0 saturated carbocycles. The van der Waals surface area contributed by atoms with E-state index in [0.717, 1.165) is 16.6 Å². The van der Waals surface area contributed by atoms with E-state index in [4.69, 9.17) is 37.4 Å². The van der Waals surface area contributed by atoms with E-state index in [2.05, 4.69) is 15.3 Å². The first-order valence-electron chi connectivity index (χ1n) is 8.94. The lowest BCUT2D eigenvalue weighted by molar-refractivity contribution is 0.356. The zero-order valence-corrected chi connectivity index (χ0v) is 18.9. The van der Waals surface area contributed by atoms with Crippen molar-refractivity contribution >= 4 is 58.0 Å². The molecule has 160 valence electrons. The molecule has 0 amide bonds. The molecular formula is C22H18Cl3N3O3. The van der Waals surface area contributed by atoms with Gasteiger partial charge < -0.3 is 19.5 Å². The monoisotopic (exact) mass is 477 g/mol. The van der Waals surface area contributed by atoms with Gasteiger partial charge >= 0.3 is 0 Å². The summed E-state index contributed by atoms with van der Waals surface area (Å²) in [5.74, 6) is 3.03. The Hall–Kier alpha value is -2.93. The van der Waals surface area contributed by atoms with Crippen LogP contribution in [0.3, 0.4) is 0 Å². The number of fused-ring (bicyclic) bond motifs is 1. The Morgan fingerprint density at radius 1 is 0.806 bits per heavy atom. The highest BCUT2D eigenvalue weighted by Crippen LogP contribution is 2.35. The van der Waals surface area contributed by atoms with Crippen molar-refractivity contribution in [2.45, 2.75) is 0 Å². The van der Waals surface area contributed by atoms with Crippen molar-refractivity contribution in [1.82, 2.24) is 9.97 Å². The zero-order chi connectivity index (χ0) is 21.1. The number of benzene rings is 3. The van der Waals surface area contributed by atoms with Crippen molar-refractivity contribution in [3.05, 3.63) is 71.0 Å². The molecule has 4 aromatic rings. The quantitative estimate of drug-likeness (QED) is 0.325. The second-order valence-corrected chi connectivity index (χ2v) is 7.12. The van der Waals surface area contributed by atoms with Crippen LogP contribution in [0.25, 0.3) is 10.9 Å². The molecular weight excluding hydrogens is 461 g/mol. The Morgan fingerprint density at radius 2 is 1.52 bits per heavy atom. The fourth-order valence-corrected chi connectivity index (χ4v) is 3.36. The second kappa shape index (κ2) is 9.92. The summed E-state index contributed by atoms with van der Waals surface area (Å²) in [4.78, 5) is 8.68. The topological polar surface area (TPSA) is 65.5 Å². The van der Waals surface area contributed by atoms with Crippen molar-refractivity contribution in [2.24, 2.45) is 0 Å². The van der Waals surface area contributed by atoms with Crippen LogP contribution in [0.4, 0.5) is 11.5 Å². The lowest BCUT2D eigenvalue weighted by Crippen LogP contribution is -1.98. The molecule has 31 heavy (non-hydrogen) atoms. The van der Waals surface area contributed by atoms with Crippen molar-refractivity contribution in [3.8, 4) is 23.0 Å². The second-order valence-electron chi connectivity index (χ2n) is 6.27. The molecule has 1 N–H and O–H groups in total. The van der Waals surface area contributed by atoms with Crippen LogP contribution in [-0.2, 0) is 0 Å². The number of methoxy groups -OCH3 is 2. The highest BCUT2D eigenvalue weighted by atomic mass is 35.5. The van der Waals surface area contributed by atoms with Crippen LogP contribution in [0.1, 0.15) is 0 Å². The third-order valence-electron chi connectivity index (χ3n) is 4.38. The molecule has 3 aromatic carbocycles. The summed E-state index contributed by atoms with van der Waals surface area (Å²) >= 11 is 12.1. The van der Waals surface area contributed by atoms with Crippen LogP contribution in [-0.4, -0.2) is 24.2 Å². The number of rotatable bonds is 6. The number of hydrogen-bond donors (Lipinski definition) is 1. The van der Waals surface area contributed by atoms with E-state index < -0.39 is 0 Å². The average molecular weight is 479 g/mol. The molecule has 0 aliphatic rings. The Bertz CT molecular complexity index is 1200. The number of ether oxygens (including phenoxy) is 3. The minimum absolute atomic E-state index is 0. The van der Waals surface area contributed by atoms with Gasteiger partial charge in [0.2, 0.25) is 0 Å². The smallest absolute Gasteiger partial charge is 0.162 e. The highest BCUT2D eigenvalue weighted by molar-refractivity contribution is 6.35. The Labute approximate surface area is 195 Å². The van der Waals surface area contributed by atoms with Gasteiger partial charge in [-0.05, 0) is 48.5 Å². The summed E-state index contributed by atoms with van der Waals surface area (Å²) in [6.07, 6.45) is 1.50. The van der Waals surface area contributed by atoms with Crippen LogP contribution in [0, 0.1) is 0 Å². The summed E-state index contributed by atoms with van der Waals surface area (Å²) < 4.78 is 16.6. The standard InChI is InChI=1S/C22H17Cl2N3O3.ClH/c1-28-20-10-16-18(11-21(20)29-2)25-12-26-22(16)27-14-4-6-15(7-5-14)30-19-8-3-13(23)9-17(19)24;/h3-12H,1-2H3,(H,25,26,27);1H. The molecule has 0 fully saturated rings. The first-order valence-corrected chi connectivity index (χ1v) is 9.69. The van der Waals surface area contributed by atoms with Gasteiger partial charge in [0.25, 0.3) is 0 Å². The first-order chi connectivity index (χ1) is 14.6. The van der Waals surface area contributed by atoms with E-state index in [1.165, 1.54) is 6.33 Å². The average Bonchev–Trinajstić information content (AvgIpc) is 2.76. The molecule has 0 radical (unpaired) electrons. The normalized spacial score (nSPS) is 10.3. The molecule has 4 rings (SSSR count). The van der Waals surface area contributed by atoms with Crippen molar-refractivity contribution in [3.63, 3.8) is 0 Å². The number of nitrogens with one attached hydrogen (secondary N) is 1. The fraction of sp³-hybridized carbons (Fsp3) is 0.0909. The van der Waals surface area contributed by atoms with Gasteiger partial charge in [-0.3, -0.25) is 0 Å². The number of halogens is 3. The Morgan fingerprint density at radius 3 is 2.19 bits per heavy atom. The minimum Gasteiger partial charge on any atom is -0.493 e. The van der Waals surface area contributed by atoms with Crippen LogP contribution in [0.5, 0.6) is 23.0 Å². The molecule has 0 spiro atoms. The maximum Gasteiger partial charge on any atom is 0.162 e. The van der Waals surface area contributed by atoms with Gasteiger partial charge in [0.05, 0.1) is 24.8 Å². The van der Waals surface area contributed by atoms with Gasteiger partial charge in [0.15, 0.2) is 11.5 Å². The van der Waals surface area contributed by atoms with Gasteiger partial charge in [-0.2, -0.15) is 0 Å². The molecule has 0 unspecified atom stereocenters. The van der Waals surface area contributed by atoms with Crippen LogP contribution in [0.15, 0.2) is 60.9 Å². The summed E-state index contributed by atoms with van der Waals surface area (Å²) in [6.45, 7) is 0. The van der Waals surface area contributed by atoms with E-state index in [-0.39, 0.29) is 12.4 Å². The van der Waals surface area contributed by atoms with Crippen molar-refractivity contribution in [1.29, 1.82) is 0 Å². The SMILES string of the molecule is COc1cc2ncnc(Nc3ccc(Oc4ccc(Cl)cc4Cl)cc3)c2cc1OC.Cl. The van der Waals surface area contributed by atoms with Gasteiger partial charge in [-0.15, -0.1) is 12.4 Å². The minimum atomic E-state index is 0. The summed E-state index contributed by atoms with van der Waals surface area (Å²) in [6, 6.07) is 16.2. The van der Waals surface area contributed by atoms with Crippen molar-refractivity contribution in [2.75, 3.05) is 19.5 Å². The molecule has 0 atom stereocenters. The van der Waals surface area contributed by atoms with Gasteiger partial charge in [-0.25, -0.2) is 9.97 Å². The molecule has 1 heterocycles.